The fraction of sp³-hybridized carbons (Fsp3) is 0.455. The molecule has 1 unspecified atom stereocenters. The highest BCUT2D eigenvalue weighted by Crippen LogP contribution is 2.17. The van der Waals surface area contributed by atoms with Gasteiger partial charge in [-0.3, -0.25) is 0 Å². The fourth-order valence-electron chi connectivity index (χ4n) is 1.28. The van der Waals surface area contributed by atoms with Gasteiger partial charge in [0, 0.05) is 19.5 Å². The molecule has 1 saturated heterocycles. The molecule has 16 heavy (non-hydrogen) atoms. The normalized spacial score (nSPS) is 25.9. The van der Waals surface area contributed by atoms with E-state index in [1.165, 1.54) is 6.26 Å². The van der Waals surface area contributed by atoms with Crippen LogP contribution in [0.3, 0.4) is 0 Å². The average Bonchev–Trinajstić information content (AvgIpc) is 2.72. The van der Waals surface area contributed by atoms with E-state index < -0.39 is 12.3 Å². The fourth-order valence-corrected chi connectivity index (χ4v) is 1.28. The second-order valence-electron chi connectivity index (χ2n) is 3.29. The number of esters is 2. The molecule has 5 nitrogen and oxygen atoms in total. The van der Waals surface area contributed by atoms with E-state index >= 15 is 0 Å². The minimum atomic E-state index is -0.724. The molecule has 2 aliphatic heterocycles. The quantitative estimate of drug-likeness (QED) is 0.408. The first-order valence-corrected chi connectivity index (χ1v) is 4.58. The Morgan fingerprint density at radius 1 is 1.50 bits per heavy atom. The van der Waals surface area contributed by atoms with Gasteiger partial charge in [-0.2, -0.15) is 0 Å². The van der Waals surface area contributed by atoms with Gasteiger partial charge in [0.05, 0.1) is 18.4 Å². The van der Waals surface area contributed by atoms with E-state index in [-0.39, 0.29) is 14.8 Å². The minimum Gasteiger partial charge on any atom is -0.462 e. The highest BCUT2D eigenvalue weighted by Gasteiger charge is 2.24. The maximum Gasteiger partial charge on any atom is 0.337 e. The number of carbonyl (C=O) groups is 2. The van der Waals surface area contributed by atoms with Gasteiger partial charge in [0.1, 0.15) is 0 Å². The monoisotopic (exact) mass is 229 g/mol. The van der Waals surface area contributed by atoms with Gasteiger partial charge in [-0.05, 0) is 6.92 Å². The highest BCUT2D eigenvalue weighted by atomic mass is 16.7. The van der Waals surface area contributed by atoms with Crippen LogP contribution in [-0.4, -0.2) is 24.8 Å². The molecule has 0 aliphatic carbocycles. The zero-order valence-corrected chi connectivity index (χ0v) is 8.19. The maximum atomic E-state index is 11.0. The molecule has 0 spiro atoms. The zero-order chi connectivity index (χ0) is 10.8. The lowest BCUT2D eigenvalue weighted by atomic mass is 10.2. The van der Waals surface area contributed by atoms with Crippen molar-refractivity contribution in [2.24, 2.45) is 0 Å². The Kier molecular flexibility index (Phi) is 3.71. The molecular formula is C11H16O5. The Hall–Kier alpha value is -1.78. The molecule has 0 aromatic rings. The molecule has 2 heterocycles. The first-order chi connectivity index (χ1) is 7.16. The molecule has 0 aromatic heterocycles. The molecule has 0 radical (unpaired) electrons. The third-order valence-corrected chi connectivity index (χ3v) is 2.14. The van der Waals surface area contributed by atoms with E-state index in [1.54, 1.807) is 13.0 Å². The van der Waals surface area contributed by atoms with Crippen LogP contribution >= 0.6 is 0 Å². The van der Waals surface area contributed by atoms with Gasteiger partial charge in [0.15, 0.2) is 0 Å². The molecular weight excluding hydrogens is 212 g/mol. The van der Waals surface area contributed by atoms with Crippen LogP contribution in [0.2, 0.25) is 0 Å². The molecule has 5 heteroatoms. The average molecular weight is 229 g/mol. The molecule has 1 atom stereocenters. The van der Waals surface area contributed by atoms with Gasteiger partial charge >= 0.3 is 11.9 Å². The lowest BCUT2D eigenvalue weighted by Crippen LogP contribution is -2.10. The molecule has 0 aromatic carbocycles. The first kappa shape index (κ1) is 12.3. The zero-order valence-electron chi connectivity index (χ0n) is 8.19. The van der Waals surface area contributed by atoms with Gasteiger partial charge in [-0.25, -0.2) is 9.59 Å². The summed E-state index contributed by atoms with van der Waals surface area (Å²) in [4.78, 5) is 22.0. The summed E-state index contributed by atoms with van der Waals surface area (Å²) in [6.45, 7) is 2.02. The summed E-state index contributed by atoms with van der Waals surface area (Å²) in [5, 5.41) is 0. The third kappa shape index (κ3) is 2.42. The van der Waals surface area contributed by atoms with Crippen LogP contribution in [0.1, 0.15) is 22.2 Å². The number of hydrogen-bond acceptors (Lipinski definition) is 5. The van der Waals surface area contributed by atoms with E-state index in [0.29, 0.717) is 24.2 Å². The van der Waals surface area contributed by atoms with E-state index in [1.807, 2.05) is 0 Å². The van der Waals surface area contributed by atoms with Crippen molar-refractivity contribution in [3.8, 4) is 0 Å². The predicted octanol–water partition coefficient (Wildman–Crippen LogP) is 1.55. The van der Waals surface area contributed by atoms with E-state index in [4.69, 9.17) is 14.2 Å². The SMILES string of the molecule is C.CC1=CC(O/C=C2\CCOC2=O)OC1=O.[2HH]. The molecule has 0 saturated carbocycles. The van der Waals surface area contributed by atoms with E-state index in [9.17, 15) is 9.59 Å². The summed E-state index contributed by atoms with van der Waals surface area (Å²) in [7, 11) is 0. The van der Waals surface area contributed by atoms with Crippen LogP contribution in [0.15, 0.2) is 23.5 Å². The Morgan fingerprint density at radius 2 is 2.25 bits per heavy atom. The lowest BCUT2D eigenvalue weighted by Gasteiger charge is -2.07. The van der Waals surface area contributed by atoms with Crippen molar-refractivity contribution in [3.05, 3.63) is 23.5 Å². The summed E-state index contributed by atoms with van der Waals surface area (Å²) in [5.74, 6) is -0.771. The topological polar surface area (TPSA) is 61.8 Å². The molecule has 2 rings (SSSR count). The summed E-state index contributed by atoms with van der Waals surface area (Å²) in [6.07, 6.45) is 2.66. The van der Waals surface area contributed by atoms with Crippen molar-refractivity contribution >= 4 is 11.9 Å². The smallest absolute Gasteiger partial charge is 0.337 e. The number of hydrogen-bond donors (Lipinski definition) is 0. The molecule has 0 N–H and O–H groups in total. The minimum absolute atomic E-state index is 0. The van der Waals surface area contributed by atoms with Gasteiger partial charge in [0.2, 0.25) is 0 Å². The second-order valence-corrected chi connectivity index (χ2v) is 3.29. The van der Waals surface area contributed by atoms with Gasteiger partial charge in [-0.15, -0.1) is 0 Å². The molecule has 0 amide bonds. The molecule has 2 aliphatic rings. The van der Waals surface area contributed by atoms with Crippen LogP contribution in [0.25, 0.3) is 0 Å². The number of ether oxygens (including phenoxy) is 3. The second kappa shape index (κ2) is 4.83. The van der Waals surface area contributed by atoms with Crippen LogP contribution in [0, 0.1) is 0 Å². The first-order valence-electron chi connectivity index (χ1n) is 4.58. The Morgan fingerprint density at radius 3 is 2.75 bits per heavy atom. The Balaban J connectivity index is 0.00000128. The van der Waals surface area contributed by atoms with Crippen molar-refractivity contribution in [2.45, 2.75) is 27.1 Å². The molecule has 90 valence electrons. The third-order valence-electron chi connectivity index (χ3n) is 2.14. The summed E-state index contributed by atoms with van der Waals surface area (Å²) >= 11 is 0. The van der Waals surface area contributed by atoms with Crippen molar-refractivity contribution in [2.75, 3.05) is 6.61 Å². The van der Waals surface area contributed by atoms with Gasteiger partial charge in [0.25, 0.3) is 6.29 Å². The number of rotatable bonds is 2. The van der Waals surface area contributed by atoms with Crippen molar-refractivity contribution in [1.82, 2.24) is 0 Å². The largest absolute Gasteiger partial charge is 0.462 e. The van der Waals surface area contributed by atoms with Crippen LogP contribution in [-0.2, 0) is 23.8 Å². The van der Waals surface area contributed by atoms with Crippen LogP contribution in [0.4, 0.5) is 0 Å². The van der Waals surface area contributed by atoms with Crippen molar-refractivity contribution < 1.29 is 25.2 Å². The maximum absolute atomic E-state index is 11.0. The predicted molar refractivity (Wildman–Crippen MR) is 57.2 cm³/mol. The Bertz CT molecular complexity index is 372. The van der Waals surface area contributed by atoms with Crippen molar-refractivity contribution in [1.29, 1.82) is 0 Å². The molecule has 1 fully saturated rings. The Labute approximate surface area is 95.2 Å². The van der Waals surface area contributed by atoms with E-state index in [0.717, 1.165) is 0 Å². The highest BCUT2D eigenvalue weighted by molar-refractivity contribution is 5.90. The lowest BCUT2D eigenvalue weighted by molar-refractivity contribution is -0.152. The van der Waals surface area contributed by atoms with Crippen LogP contribution < -0.4 is 0 Å². The number of cyclic esters (lactones) is 2. The standard InChI is InChI=1S/C10H10O5.CH4.H2/c1-6-4-8(15-9(6)11)14-5-7-2-3-13-10(7)12;;/h4-5,8H,2-3H2,1H3;1H4;1H/b7-5+;;/i;;1+1. The van der Waals surface area contributed by atoms with Crippen molar-refractivity contribution in [3.63, 3.8) is 0 Å². The summed E-state index contributed by atoms with van der Waals surface area (Å²) in [5.41, 5.74) is 0.969. The van der Waals surface area contributed by atoms with Crippen LogP contribution in [0.5, 0.6) is 0 Å². The number of carbonyl (C=O) groups excluding carboxylic acids is 2. The van der Waals surface area contributed by atoms with Gasteiger partial charge < -0.3 is 14.2 Å². The van der Waals surface area contributed by atoms with E-state index in [2.05, 4.69) is 0 Å². The van der Waals surface area contributed by atoms with Gasteiger partial charge in [-0.1, -0.05) is 7.43 Å². The molecule has 0 bridgehead atoms. The summed E-state index contributed by atoms with van der Waals surface area (Å²) in [6, 6.07) is 0. The summed E-state index contributed by atoms with van der Waals surface area (Å²) < 4.78 is 14.6.